The molecule has 0 amide bonds. The van der Waals surface area contributed by atoms with E-state index in [9.17, 15) is 0 Å². The van der Waals surface area contributed by atoms with Gasteiger partial charge in [0.05, 0.1) is 6.54 Å². The molecule has 0 bridgehead atoms. The number of thiophene rings is 1. The standard InChI is InChI=1S/C10H11NS/c1-2-6-11(7-3-1)9-10-5-4-8-12-10/h1-6,8H,7,9H2. The fourth-order valence-electron chi connectivity index (χ4n) is 1.23. The molecule has 0 N–H and O–H groups in total. The van der Waals surface area contributed by atoms with Gasteiger partial charge in [-0.2, -0.15) is 0 Å². The SMILES string of the molecule is C1=CCN(Cc2cccs2)C=C1. The molecule has 0 saturated carbocycles. The zero-order valence-electron chi connectivity index (χ0n) is 6.81. The summed E-state index contributed by atoms with van der Waals surface area (Å²) in [7, 11) is 0. The van der Waals surface area contributed by atoms with Crippen LogP contribution in [0.15, 0.2) is 41.9 Å². The minimum Gasteiger partial charge on any atom is -0.369 e. The van der Waals surface area contributed by atoms with Crippen LogP contribution in [0.4, 0.5) is 0 Å². The first-order valence-electron chi connectivity index (χ1n) is 4.05. The van der Waals surface area contributed by atoms with Gasteiger partial charge in [-0.1, -0.05) is 18.2 Å². The van der Waals surface area contributed by atoms with Crippen molar-refractivity contribution in [2.24, 2.45) is 0 Å². The van der Waals surface area contributed by atoms with Crippen LogP contribution < -0.4 is 0 Å². The highest BCUT2D eigenvalue weighted by Crippen LogP contribution is 2.12. The second kappa shape index (κ2) is 3.59. The van der Waals surface area contributed by atoms with Gasteiger partial charge in [0.1, 0.15) is 0 Å². The molecule has 2 heterocycles. The molecular weight excluding hydrogens is 166 g/mol. The van der Waals surface area contributed by atoms with E-state index >= 15 is 0 Å². The smallest absolute Gasteiger partial charge is 0.0520 e. The van der Waals surface area contributed by atoms with Gasteiger partial charge in [-0.05, 0) is 23.7 Å². The summed E-state index contributed by atoms with van der Waals surface area (Å²) in [5.41, 5.74) is 0. The first kappa shape index (κ1) is 7.62. The summed E-state index contributed by atoms with van der Waals surface area (Å²) in [4.78, 5) is 3.72. The van der Waals surface area contributed by atoms with Gasteiger partial charge in [0.15, 0.2) is 0 Å². The number of allylic oxidation sites excluding steroid dienone is 2. The van der Waals surface area contributed by atoms with Gasteiger partial charge in [0, 0.05) is 11.4 Å². The van der Waals surface area contributed by atoms with Crippen molar-refractivity contribution >= 4 is 11.3 Å². The summed E-state index contributed by atoms with van der Waals surface area (Å²) in [6, 6.07) is 4.28. The van der Waals surface area contributed by atoms with Gasteiger partial charge in [-0.25, -0.2) is 0 Å². The molecule has 62 valence electrons. The predicted octanol–water partition coefficient (Wildman–Crippen LogP) is 2.63. The molecule has 0 spiro atoms. The lowest BCUT2D eigenvalue weighted by atomic mass is 10.3. The normalized spacial score (nSPS) is 15.5. The quantitative estimate of drug-likeness (QED) is 0.671. The zero-order chi connectivity index (χ0) is 8.23. The Bertz CT molecular complexity index is 285. The Kier molecular flexibility index (Phi) is 2.28. The topological polar surface area (TPSA) is 3.24 Å². The largest absolute Gasteiger partial charge is 0.369 e. The lowest BCUT2D eigenvalue weighted by Crippen LogP contribution is -2.17. The monoisotopic (exact) mass is 177 g/mol. The minimum absolute atomic E-state index is 1.04. The van der Waals surface area contributed by atoms with E-state index in [0.717, 1.165) is 13.1 Å². The molecule has 0 fully saturated rings. The highest BCUT2D eigenvalue weighted by atomic mass is 32.1. The fraction of sp³-hybridized carbons (Fsp3) is 0.200. The van der Waals surface area contributed by atoms with Crippen LogP contribution in [0.2, 0.25) is 0 Å². The van der Waals surface area contributed by atoms with Crippen LogP contribution in [0.25, 0.3) is 0 Å². The summed E-state index contributed by atoms with van der Waals surface area (Å²) in [6.07, 6.45) is 8.48. The van der Waals surface area contributed by atoms with E-state index in [4.69, 9.17) is 0 Å². The molecule has 0 atom stereocenters. The Morgan fingerprint density at radius 1 is 1.42 bits per heavy atom. The van der Waals surface area contributed by atoms with E-state index in [-0.39, 0.29) is 0 Å². The molecule has 1 aromatic rings. The van der Waals surface area contributed by atoms with Crippen molar-refractivity contribution in [3.8, 4) is 0 Å². The van der Waals surface area contributed by atoms with Crippen molar-refractivity contribution in [3.63, 3.8) is 0 Å². The highest BCUT2D eigenvalue weighted by Gasteiger charge is 2.00. The Hall–Kier alpha value is -1.02. The molecule has 1 aliphatic heterocycles. The third kappa shape index (κ3) is 1.77. The van der Waals surface area contributed by atoms with E-state index in [0.29, 0.717) is 0 Å². The van der Waals surface area contributed by atoms with Gasteiger partial charge in [0.2, 0.25) is 0 Å². The van der Waals surface area contributed by atoms with E-state index in [1.165, 1.54) is 4.88 Å². The van der Waals surface area contributed by atoms with Crippen LogP contribution in [0.5, 0.6) is 0 Å². The number of hydrogen-bond donors (Lipinski definition) is 0. The molecule has 1 nitrogen and oxygen atoms in total. The average Bonchev–Trinajstić information content (AvgIpc) is 2.59. The maximum absolute atomic E-state index is 2.30. The third-order valence-corrected chi connectivity index (χ3v) is 2.68. The van der Waals surface area contributed by atoms with Gasteiger partial charge in [-0.3, -0.25) is 0 Å². The van der Waals surface area contributed by atoms with Crippen molar-refractivity contribution < 1.29 is 0 Å². The molecule has 0 saturated heterocycles. The molecule has 0 unspecified atom stereocenters. The van der Waals surface area contributed by atoms with Crippen molar-refractivity contribution in [1.82, 2.24) is 4.90 Å². The van der Waals surface area contributed by atoms with Crippen molar-refractivity contribution in [3.05, 3.63) is 46.8 Å². The van der Waals surface area contributed by atoms with Crippen molar-refractivity contribution in [2.45, 2.75) is 6.54 Å². The van der Waals surface area contributed by atoms with Crippen LogP contribution in [-0.4, -0.2) is 11.4 Å². The van der Waals surface area contributed by atoms with Gasteiger partial charge >= 0.3 is 0 Å². The van der Waals surface area contributed by atoms with Gasteiger partial charge in [-0.15, -0.1) is 11.3 Å². The summed E-state index contributed by atoms with van der Waals surface area (Å²) in [5.74, 6) is 0. The predicted molar refractivity (Wildman–Crippen MR) is 53.0 cm³/mol. The molecule has 2 rings (SSSR count). The third-order valence-electron chi connectivity index (χ3n) is 1.82. The van der Waals surface area contributed by atoms with Crippen molar-refractivity contribution in [1.29, 1.82) is 0 Å². The van der Waals surface area contributed by atoms with Crippen LogP contribution >= 0.6 is 11.3 Å². The Balaban J connectivity index is 1.96. The molecule has 0 aliphatic carbocycles. The number of rotatable bonds is 2. The second-order valence-electron chi connectivity index (χ2n) is 2.78. The highest BCUT2D eigenvalue weighted by molar-refractivity contribution is 7.09. The molecule has 0 radical (unpaired) electrons. The average molecular weight is 177 g/mol. The molecule has 2 heteroatoms. The van der Waals surface area contributed by atoms with Crippen molar-refractivity contribution in [2.75, 3.05) is 6.54 Å². The zero-order valence-corrected chi connectivity index (χ0v) is 7.63. The number of hydrogen-bond acceptors (Lipinski definition) is 2. The van der Waals surface area contributed by atoms with Crippen LogP contribution in [0.1, 0.15) is 4.88 Å². The number of nitrogens with zero attached hydrogens (tertiary/aromatic N) is 1. The lowest BCUT2D eigenvalue weighted by Gasteiger charge is -2.19. The first-order chi connectivity index (χ1) is 5.95. The first-order valence-corrected chi connectivity index (χ1v) is 4.93. The maximum Gasteiger partial charge on any atom is 0.0520 e. The molecule has 1 aromatic heterocycles. The van der Waals surface area contributed by atoms with Crippen LogP contribution in [-0.2, 0) is 6.54 Å². The molecule has 12 heavy (non-hydrogen) atoms. The van der Waals surface area contributed by atoms with Crippen LogP contribution in [0.3, 0.4) is 0 Å². The Labute approximate surface area is 76.6 Å². The summed E-state index contributed by atoms with van der Waals surface area (Å²) < 4.78 is 0. The van der Waals surface area contributed by atoms with Gasteiger partial charge < -0.3 is 4.90 Å². The van der Waals surface area contributed by atoms with E-state index in [2.05, 4.69) is 46.8 Å². The second-order valence-corrected chi connectivity index (χ2v) is 3.81. The summed E-state index contributed by atoms with van der Waals surface area (Å²) in [6.45, 7) is 2.08. The van der Waals surface area contributed by atoms with Crippen LogP contribution in [0, 0.1) is 0 Å². The van der Waals surface area contributed by atoms with E-state index in [1.54, 1.807) is 0 Å². The maximum atomic E-state index is 2.30. The fourth-order valence-corrected chi connectivity index (χ4v) is 1.96. The Morgan fingerprint density at radius 2 is 2.42 bits per heavy atom. The minimum atomic E-state index is 1.04. The molecular formula is C10H11NS. The summed E-state index contributed by atoms with van der Waals surface area (Å²) in [5, 5.41) is 2.12. The Morgan fingerprint density at radius 3 is 3.08 bits per heavy atom. The lowest BCUT2D eigenvalue weighted by molar-refractivity contribution is 0.409. The van der Waals surface area contributed by atoms with E-state index < -0.39 is 0 Å². The van der Waals surface area contributed by atoms with E-state index in [1.807, 2.05) is 11.3 Å². The summed E-state index contributed by atoms with van der Waals surface area (Å²) >= 11 is 1.82. The molecule has 0 aromatic carbocycles. The molecule has 1 aliphatic rings. The van der Waals surface area contributed by atoms with Gasteiger partial charge in [0.25, 0.3) is 0 Å².